The van der Waals surface area contributed by atoms with Gasteiger partial charge in [0.05, 0.1) is 4.99 Å². The molecule has 4 nitrogen and oxygen atoms in total. The van der Waals surface area contributed by atoms with Gasteiger partial charge in [0.2, 0.25) is 0 Å². The molecule has 0 rings (SSSR count). The summed E-state index contributed by atoms with van der Waals surface area (Å²) in [5.41, 5.74) is 5.18. The van der Waals surface area contributed by atoms with Crippen molar-refractivity contribution in [2.24, 2.45) is 5.73 Å². The number of hydrogen-bond donors (Lipinski definition) is 3. The molecule has 0 fully saturated rings. The van der Waals surface area contributed by atoms with Crippen molar-refractivity contribution in [3.05, 3.63) is 0 Å². The number of carbonyl (C=O) groups is 1. The highest BCUT2D eigenvalue weighted by Gasteiger charge is 1.93. The van der Waals surface area contributed by atoms with Crippen LogP contribution in [0.3, 0.4) is 0 Å². The van der Waals surface area contributed by atoms with Gasteiger partial charge in [-0.2, -0.15) is 0 Å². The van der Waals surface area contributed by atoms with Crippen molar-refractivity contribution >= 4 is 23.2 Å². The topological polar surface area (TPSA) is 67.2 Å². The van der Waals surface area contributed by atoms with E-state index in [1.807, 2.05) is 0 Å². The number of nitrogens with one attached hydrogen (secondary N) is 2. The third kappa shape index (κ3) is 5.30. The average molecular weight is 161 g/mol. The molecule has 2 amide bonds. The number of thiocarbonyl (C=S) groups is 1. The number of hydrogen-bond acceptors (Lipinski definition) is 2. The molecule has 0 aliphatic heterocycles. The Morgan fingerprint density at radius 2 is 2.30 bits per heavy atom. The molecule has 0 atom stereocenters. The lowest BCUT2D eigenvalue weighted by Gasteiger charge is -2.01. The van der Waals surface area contributed by atoms with Crippen LogP contribution in [-0.2, 0) is 0 Å². The number of carbonyl (C=O) groups excluding carboxylic acids is 1. The van der Waals surface area contributed by atoms with Crippen LogP contribution >= 0.6 is 12.2 Å². The maximum absolute atomic E-state index is 10.5. The monoisotopic (exact) mass is 161 g/mol. The molecule has 4 N–H and O–H groups in total. The van der Waals surface area contributed by atoms with E-state index in [9.17, 15) is 4.79 Å². The van der Waals surface area contributed by atoms with Gasteiger partial charge >= 0.3 is 6.03 Å². The maximum Gasteiger partial charge on any atom is 0.314 e. The van der Waals surface area contributed by atoms with Gasteiger partial charge in [-0.05, 0) is 0 Å². The average Bonchev–Trinajstić information content (AvgIpc) is 1.87. The molecular formula is C5H11N3OS. The van der Waals surface area contributed by atoms with Gasteiger partial charge in [0, 0.05) is 20.0 Å². The zero-order valence-electron chi connectivity index (χ0n) is 5.81. The van der Waals surface area contributed by atoms with E-state index in [0.717, 1.165) is 0 Å². The lowest BCUT2D eigenvalue weighted by molar-refractivity contribution is 0.243. The first-order chi connectivity index (χ1) is 4.66. The van der Waals surface area contributed by atoms with E-state index in [1.165, 1.54) is 0 Å². The zero-order chi connectivity index (χ0) is 7.98. The van der Waals surface area contributed by atoms with E-state index >= 15 is 0 Å². The van der Waals surface area contributed by atoms with E-state index in [-0.39, 0.29) is 6.03 Å². The van der Waals surface area contributed by atoms with E-state index in [2.05, 4.69) is 22.9 Å². The van der Waals surface area contributed by atoms with Crippen molar-refractivity contribution in [2.75, 3.05) is 13.6 Å². The SMILES string of the molecule is CNC(=O)NCCC(N)=S. The lowest BCUT2D eigenvalue weighted by Crippen LogP contribution is -2.34. The number of rotatable bonds is 3. The summed E-state index contributed by atoms with van der Waals surface area (Å²) in [4.78, 5) is 10.9. The maximum atomic E-state index is 10.5. The van der Waals surface area contributed by atoms with Gasteiger partial charge in [0.1, 0.15) is 0 Å². The van der Waals surface area contributed by atoms with Gasteiger partial charge in [-0.15, -0.1) is 0 Å². The van der Waals surface area contributed by atoms with Crippen molar-refractivity contribution in [3.63, 3.8) is 0 Å². The highest BCUT2D eigenvalue weighted by atomic mass is 32.1. The second-order valence-corrected chi connectivity index (χ2v) is 2.25. The quantitative estimate of drug-likeness (QED) is 0.493. The van der Waals surface area contributed by atoms with E-state index in [0.29, 0.717) is 18.0 Å². The van der Waals surface area contributed by atoms with Gasteiger partial charge in [-0.25, -0.2) is 4.79 Å². The molecule has 58 valence electrons. The van der Waals surface area contributed by atoms with E-state index in [4.69, 9.17) is 5.73 Å². The Morgan fingerprint density at radius 1 is 1.70 bits per heavy atom. The summed E-state index contributed by atoms with van der Waals surface area (Å²) in [6.45, 7) is 0.495. The van der Waals surface area contributed by atoms with Crippen LogP contribution in [0.4, 0.5) is 4.79 Å². The van der Waals surface area contributed by atoms with Gasteiger partial charge in [-0.3, -0.25) is 0 Å². The van der Waals surface area contributed by atoms with Gasteiger partial charge < -0.3 is 16.4 Å². The van der Waals surface area contributed by atoms with E-state index in [1.54, 1.807) is 7.05 Å². The molecule has 0 aromatic carbocycles. The van der Waals surface area contributed by atoms with Crippen LogP contribution in [0.1, 0.15) is 6.42 Å². The van der Waals surface area contributed by atoms with Crippen molar-refractivity contribution in [1.29, 1.82) is 0 Å². The summed E-state index contributed by atoms with van der Waals surface area (Å²) in [6, 6.07) is -0.212. The smallest absolute Gasteiger partial charge is 0.314 e. The molecule has 0 aromatic heterocycles. The van der Waals surface area contributed by atoms with Crippen LogP contribution in [0.2, 0.25) is 0 Å². The minimum absolute atomic E-state index is 0.212. The van der Waals surface area contributed by atoms with E-state index < -0.39 is 0 Å². The Morgan fingerprint density at radius 3 is 2.70 bits per heavy atom. The highest BCUT2D eigenvalue weighted by Crippen LogP contribution is 1.75. The molecule has 0 unspecified atom stereocenters. The predicted molar refractivity (Wildman–Crippen MR) is 43.9 cm³/mol. The van der Waals surface area contributed by atoms with Crippen LogP contribution in [0.15, 0.2) is 0 Å². The zero-order valence-corrected chi connectivity index (χ0v) is 6.62. The molecule has 0 aromatic rings. The standard InChI is InChI=1S/C5H11N3OS/c1-7-5(9)8-3-2-4(6)10/h2-3H2,1H3,(H2,6,10)(H2,7,8,9). The number of amides is 2. The van der Waals surface area contributed by atoms with Crippen LogP contribution in [0.25, 0.3) is 0 Å². The predicted octanol–water partition coefficient (Wildman–Crippen LogP) is -0.408. The molecular weight excluding hydrogens is 150 g/mol. The summed E-state index contributed by atoms with van der Waals surface area (Å²) in [5, 5.41) is 4.95. The fraction of sp³-hybridized carbons (Fsp3) is 0.600. The molecule has 0 saturated carbocycles. The fourth-order valence-electron chi connectivity index (χ4n) is 0.388. The number of urea groups is 1. The van der Waals surface area contributed by atoms with Crippen molar-refractivity contribution < 1.29 is 4.79 Å². The lowest BCUT2D eigenvalue weighted by atomic mass is 10.4. The Labute approximate surface area is 65.2 Å². The fourth-order valence-corrected chi connectivity index (χ4v) is 0.490. The highest BCUT2D eigenvalue weighted by molar-refractivity contribution is 7.80. The summed E-state index contributed by atoms with van der Waals surface area (Å²) in [5.74, 6) is 0. The molecule has 5 heteroatoms. The Hall–Kier alpha value is -0.840. The Balaban J connectivity index is 3.20. The van der Waals surface area contributed by atoms with Crippen LogP contribution in [0, 0.1) is 0 Å². The van der Waals surface area contributed by atoms with Crippen molar-refractivity contribution in [3.8, 4) is 0 Å². The van der Waals surface area contributed by atoms with Crippen LogP contribution in [0.5, 0.6) is 0 Å². The summed E-state index contributed by atoms with van der Waals surface area (Å²) in [7, 11) is 1.55. The Kier molecular flexibility index (Phi) is 4.57. The molecule has 0 radical (unpaired) electrons. The van der Waals surface area contributed by atoms with Gasteiger partial charge in [0.15, 0.2) is 0 Å². The molecule has 0 saturated heterocycles. The Bertz CT molecular complexity index is 137. The first kappa shape index (κ1) is 9.16. The molecule has 0 spiro atoms. The minimum atomic E-state index is -0.212. The first-order valence-corrected chi connectivity index (χ1v) is 3.31. The largest absolute Gasteiger partial charge is 0.393 e. The number of nitrogens with two attached hydrogens (primary N) is 1. The van der Waals surface area contributed by atoms with Gasteiger partial charge in [-0.1, -0.05) is 12.2 Å². The van der Waals surface area contributed by atoms with Gasteiger partial charge in [0.25, 0.3) is 0 Å². The summed E-state index contributed by atoms with van der Waals surface area (Å²) < 4.78 is 0. The molecule has 10 heavy (non-hydrogen) atoms. The van der Waals surface area contributed by atoms with Crippen LogP contribution in [-0.4, -0.2) is 24.6 Å². The third-order valence-corrected chi connectivity index (χ3v) is 1.09. The summed E-state index contributed by atoms with van der Waals surface area (Å²) in [6.07, 6.45) is 0.544. The second-order valence-electron chi connectivity index (χ2n) is 1.72. The third-order valence-electron chi connectivity index (χ3n) is 0.884. The minimum Gasteiger partial charge on any atom is -0.393 e. The normalized spacial score (nSPS) is 8.50. The molecule has 0 bridgehead atoms. The van der Waals surface area contributed by atoms with Crippen molar-refractivity contribution in [2.45, 2.75) is 6.42 Å². The second kappa shape index (κ2) is 4.99. The first-order valence-electron chi connectivity index (χ1n) is 2.90. The molecule has 0 aliphatic carbocycles. The molecule has 0 heterocycles. The summed E-state index contributed by atoms with van der Waals surface area (Å²) >= 11 is 4.59. The van der Waals surface area contributed by atoms with Crippen LogP contribution < -0.4 is 16.4 Å². The molecule has 0 aliphatic rings. The van der Waals surface area contributed by atoms with Crippen molar-refractivity contribution in [1.82, 2.24) is 10.6 Å².